The number of aromatic carboxylic acids is 1. The van der Waals surface area contributed by atoms with E-state index in [9.17, 15) is 18.3 Å². The molecule has 0 aliphatic carbocycles. The third-order valence-electron chi connectivity index (χ3n) is 6.93. The number of sulfonamides is 1. The summed E-state index contributed by atoms with van der Waals surface area (Å²) in [6, 6.07) is 28.3. The highest BCUT2D eigenvalue weighted by molar-refractivity contribution is 7.98. The molecule has 1 aromatic heterocycles. The number of aromatic nitrogens is 1. The lowest BCUT2D eigenvalue weighted by molar-refractivity contribution is 0.0693. The van der Waals surface area contributed by atoms with Crippen molar-refractivity contribution >= 4 is 74.0 Å². The highest BCUT2D eigenvalue weighted by Gasteiger charge is 2.20. The fourth-order valence-corrected chi connectivity index (χ4v) is 7.16. The Morgan fingerprint density at radius 3 is 2.47 bits per heavy atom. The van der Waals surface area contributed by atoms with Crippen LogP contribution in [0.4, 0.5) is 0 Å². The number of hydrogen-bond donors (Lipinski definition) is 2. The Labute approximate surface area is 275 Å². The molecule has 4 aromatic carbocycles. The van der Waals surface area contributed by atoms with Crippen LogP contribution in [0.3, 0.4) is 0 Å². The SMILES string of the molecule is COc1cc(CSC(CNS(=O)(=O)c2ccc(Cl)cc2)c2cccc(/C=C/c3ccc4ccc(Cl)cc4n3)c2)ccc1C(=O)O. The summed E-state index contributed by atoms with van der Waals surface area (Å²) in [5.41, 5.74) is 4.31. The summed E-state index contributed by atoms with van der Waals surface area (Å²) in [6.45, 7) is 0.111. The van der Waals surface area contributed by atoms with E-state index in [0.717, 1.165) is 33.3 Å². The van der Waals surface area contributed by atoms with Crippen molar-refractivity contribution in [3.8, 4) is 5.75 Å². The van der Waals surface area contributed by atoms with E-state index in [2.05, 4.69) is 9.71 Å². The van der Waals surface area contributed by atoms with Gasteiger partial charge in [-0.3, -0.25) is 0 Å². The maximum Gasteiger partial charge on any atom is 0.339 e. The van der Waals surface area contributed by atoms with Crippen molar-refractivity contribution < 1.29 is 23.1 Å². The number of nitrogens with one attached hydrogen (secondary N) is 1. The first kappa shape index (κ1) is 32.5. The zero-order valence-electron chi connectivity index (χ0n) is 24.0. The molecule has 0 amide bonds. The van der Waals surface area contributed by atoms with Crippen LogP contribution in [-0.4, -0.2) is 38.1 Å². The number of ether oxygens (including phenoxy) is 1. The van der Waals surface area contributed by atoms with Gasteiger partial charge in [-0.05, 0) is 77.4 Å². The Hall–Kier alpha value is -3.86. The molecule has 7 nitrogen and oxygen atoms in total. The average Bonchev–Trinajstić information content (AvgIpc) is 3.03. The van der Waals surface area contributed by atoms with Crippen molar-refractivity contribution in [1.82, 2.24) is 9.71 Å². The van der Waals surface area contributed by atoms with Crippen molar-refractivity contribution in [3.05, 3.63) is 135 Å². The van der Waals surface area contributed by atoms with Gasteiger partial charge in [0.25, 0.3) is 0 Å². The van der Waals surface area contributed by atoms with Crippen molar-refractivity contribution in [1.29, 1.82) is 0 Å². The molecule has 0 aliphatic heterocycles. The fourth-order valence-electron chi connectivity index (χ4n) is 4.60. The normalized spacial score (nSPS) is 12.4. The molecule has 0 spiro atoms. The van der Waals surface area contributed by atoms with E-state index in [1.165, 1.54) is 49.2 Å². The number of methoxy groups -OCH3 is 1. The molecule has 1 unspecified atom stereocenters. The summed E-state index contributed by atoms with van der Waals surface area (Å²) in [6.07, 6.45) is 3.87. The quantitative estimate of drug-likeness (QED) is 0.137. The Morgan fingerprint density at radius 2 is 1.71 bits per heavy atom. The van der Waals surface area contributed by atoms with Crippen LogP contribution in [-0.2, 0) is 15.8 Å². The molecule has 0 aliphatic rings. The zero-order chi connectivity index (χ0) is 32.0. The average molecular weight is 680 g/mol. The number of carbonyl (C=O) groups is 1. The minimum atomic E-state index is -3.81. The minimum Gasteiger partial charge on any atom is -0.496 e. The van der Waals surface area contributed by atoms with Gasteiger partial charge in [0.05, 0.1) is 23.2 Å². The molecular formula is C34H28Cl2N2O5S2. The number of halogens is 2. The number of thioether (sulfide) groups is 1. The molecule has 2 N–H and O–H groups in total. The number of nitrogens with zero attached hydrogens (tertiary/aromatic N) is 1. The number of rotatable bonds is 12. The lowest BCUT2D eigenvalue weighted by atomic mass is 10.1. The summed E-state index contributed by atoms with van der Waals surface area (Å²) < 4.78 is 34.3. The second-order valence-corrected chi connectivity index (χ2v) is 13.9. The van der Waals surface area contributed by atoms with E-state index in [1.54, 1.807) is 12.1 Å². The summed E-state index contributed by atoms with van der Waals surface area (Å²) in [7, 11) is -2.38. The highest BCUT2D eigenvalue weighted by atomic mass is 35.5. The Bertz CT molecular complexity index is 1980. The summed E-state index contributed by atoms with van der Waals surface area (Å²) >= 11 is 13.6. The molecule has 5 rings (SSSR count). The zero-order valence-corrected chi connectivity index (χ0v) is 27.1. The molecule has 1 atom stereocenters. The standard InChI is InChI=1S/C34H28Cl2N2O5S2/c1-43-32-18-23(6-16-30(32)34(39)40)21-44-33(20-37-45(41,42)29-14-10-26(35)11-15-29)25-4-2-3-22(17-25)5-12-28-13-8-24-7-9-27(36)19-31(24)38-28/h2-19,33,37H,20-21H2,1H3,(H,39,40)/b12-5+. The maximum atomic E-state index is 13.1. The summed E-state index contributed by atoms with van der Waals surface area (Å²) in [5, 5.41) is 11.2. The van der Waals surface area contributed by atoms with Gasteiger partial charge in [-0.25, -0.2) is 22.9 Å². The topological polar surface area (TPSA) is 106 Å². The first-order valence-corrected chi connectivity index (χ1v) is 17.0. The molecular weight excluding hydrogens is 651 g/mol. The third-order valence-corrected chi connectivity index (χ3v) is 10.2. The molecule has 0 bridgehead atoms. The minimum absolute atomic E-state index is 0.0713. The smallest absolute Gasteiger partial charge is 0.339 e. The molecule has 0 saturated carbocycles. The van der Waals surface area contributed by atoms with Gasteiger partial charge >= 0.3 is 5.97 Å². The van der Waals surface area contributed by atoms with Crippen molar-refractivity contribution in [3.63, 3.8) is 0 Å². The van der Waals surface area contributed by atoms with Gasteiger partial charge in [0.15, 0.2) is 0 Å². The predicted molar refractivity (Wildman–Crippen MR) is 183 cm³/mol. The van der Waals surface area contributed by atoms with E-state index in [-0.39, 0.29) is 28.0 Å². The second kappa shape index (κ2) is 14.5. The number of benzene rings is 4. The van der Waals surface area contributed by atoms with Crippen LogP contribution in [0.15, 0.2) is 102 Å². The maximum absolute atomic E-state index is 13.1. The number of carboxylic acids is 1. The van der Waals surface area contributed by atoms with E-state index in [0.29, 0.717) is 15.8 Å². The number of hydrogen-bond acceptors (Lipinski definition) is 6. The van der Waals surface area contributed by atoms with Gasteiger partial charge in [-0.2, -0.15) is 0 Å². The second-order valence-electron chi connectivity index (χ2n) is 10.0. The Kier molecular flexibility index (Phi) is 10.5. The lowest BCUT2D eigenvalue weighted by Crippen LogP contribution is -2.27. The van der Waals surface area contributed by atoms with Gasteiger partial charge in [0.2, 0.25) is 10.0 Å². The van der Waals surface area contributed by atoms with E-state index >= 15 is 0 Å². The molecule has 0 radical (unpaired) electrons. The molecule has 5 aromatic rings. The van der Waals surface area contributed by atoms with Crippen LogP contribution in [0.2, 0.25) is 10.0 Å². The van der Waals surface area contributed by atoms with Crippen molar-refractivity contribution in [2.45, 2.75) is 15.9 Å². The van der Waals surface area contributed by atoms with Gasteiger partial charge in [0, 0.05) is 33.0 Å². The summed E-state index contributed by atoms with van der Waals surface area (Å²) in [5.74, 6) is -0.335. The third kappa shape index (κ3) is 8.45. The van der Waals surface area contributed by atoms with E-state index in [1.807, 2.05) is 66.7 Å². The molecule has 1 heterocycles. The number of carboxylic acid groups (broad SMARTS) is 1. The van der Waals surface area contributed by atoms with Crippen LogP contribution in [0.25, 0.3) is 23.1 Å². The molecule has 0 saturated heterocycles. The highest BCUT2D eigenvalue weighted by Crippen LogP contribution is 2.34. The fraction of sp³-hybridized carbons (Fsp3) is 0.118. The van der Waals surface area contributed by atoms with E-state index in [4.69, 9.17) is 27.9 Å². The lowest BCUT2D eigenvalue weighted by Gasteiger charge is -2.19. The van der Waals surface area contributed by atoms with Crippen LogP contribution < -0.4 is 9.46 Å². The molecule has 11 heteroatoms. The predicted octanol–water partition coefficient (Wildman–Crippen LogP) is 8.37. The van der Waals surface area contributed by atoms with Gasteiger partial charge in [0.1, 0.15) is 11.3 Å². The van der Waals surface area contributed by atoms with Crippen molar-refractivity contribution in [2.24, 2.45) is 0 Å². The van der Waals surface area contributed by atoms with E-state index < -0.39 is 16.0 Å². The number of fused-ring (bicyclic) bond motifs is 1. The van der Waals surface area contributed by atoms with Crippen LogP contribution >= 0.6 is 35.0 Å². The summed E-state index contributed by atoms with van der Waals surface area (Å²) in [4.78, 5) is 16.3. The Balaban J connectivity index is 1.39. The molecule has 45 heavy (non-hydrogen) atoms. The van der Waals surface area contributed by atoms with Crippen LogP contribution in [0, 0.1) is 0 Å². The van der Waals surface area contributed by atoms with Gasteiger partial charge < -0.3 is 9.84 Å². The van der Waals surface area contributed by atoms with Crippen molar-refractivity contribution in [2.75, 3.05) is 13.7 Å². The largest absolute Gasteiger partial charge is 0.496 e. The number of pyridine rings is 1. The van der Waals surface area contributed by atoms with Gasteiger partial charge in [-0.1, -0.05) is 71.7 Å². The monoisotopic (exact) mass is 678 g/mol. The van der Waals surface area contributed by atoms with Gasteiger partial charge in [-0.15, -0.1) is 11.8 Å². The Morgan fingerprint density at radius 1 is 0.956 bits per heavy atom. The van der Waals surface area contributed by atoms with Crippen LogP contribution in [0.1, 0.15) is 38.0 Å². The molecule has 0 fully saturated rings. The first-order chi connectivity index (χ1) is 21.6. The molecule has 230 valence electrons. The van der Waals surface area contributed by atoms with Crippen LogP contribution in [0.5, 0.6) is 5.75 Å². The first-order valence-electron chi connectivity index (χ1n) is 13.7.